The molecule has 1 amide bonds. The summed E-state index contributed by atoms with van der Waals surface area (Å²) in [4.78, 5) is 23.1. The highest BCUT2D eigenvalue weighted by atomic mass is 16.5. The number of carboxylic acid groups (broad SMARTS) is 1. The van der Waals surface area contributed by atoms with Crippen LogP contribution >= 0.6 is 0 Å². The predicted octanol–water partition coefficient (Wildman–Crippen LogP) is 0.869. The highest BCUT2D eigenvalue weighted by Crippen LogP contribution is 2.23. The maximum absolute atomic E-state index is 11.9. The summed E-state index contributed by atoms with van der Waals surface area (Å²) in [5.74, 6) is -2.45. The van der Waals surface area contributed by atoms with E-state index in [0.29, 0.717) is 18.7 Å². The lowest BCUT2D eigenvalue weighted by molar-refractivity contribution is -0.314. The van der Waals surface area contributed by atoms with Gasteiger partial charge in [-0.25, -0.2) is 0 Å². The minimum Gasteiger partial charge on any atom is -0.550 e. The number of anilines is 1. The van der Waals surface area contributed by atoms with Crippen molar-refractivity contribution in [3.63, 3.8) is 0 Å². The standard InChI is InChI=1S/C15H19NO4/c1-10-4-6-11(7-5-10)16-14(17)9-12(15(18)19)13-3-2-8-20-13/h4-7,12-13H,2-3,8-9H2,1H3,(H,16,17)(H,18,19)/p-1/t12-,13+/m1/s1. The third-order valence-corrected chi connectivity index (χ3v) is 3.46. The number of aliphatic carboxylic acids is 1. The number of rotatable bonds is 5. The van der Waals surface area contributed by atoms with Crippen LogP contribution in [0.25, 0.3) is 0 Å². The van der Waals surface area contributed by atoms with Gasteiger partial charge in [0.15, 0.2) is 0 Å². The van der Waals surface area contributed by atoms with Crippen LogP contribution in [0.2, 0.25) is 0 Å². The second-order valence-electron chi connectivity index (χ2n) is 5.10. The summed E-state index contributed by atoms with van der Waals surface area (Å²) in [5.41, 5.74) is 1.75. The molecule has 20 heavy (non-hydrogen) atoms. The van der Waals surface area contributed by atoms with Gasteiger partial charge in [-0.3, -0.25) is 4.79 Å². The average molecular weight is 276 g/mol. The van der Waals surface area contributed by atoms with Gasteiger partial charge in [-0.1, -0.05) is 17.7 Å². The third kappa shape index (κ3) is 3.81. The van der Waals surface area contributed by atoms with E-state index in [0.717, 1.165) is 12.0 Å². The van der Waals surface area contributed by atoms with Crippen molar-refractivity contribution in [1.29, 1.82) is 0 Å². The molecule has 0 bridgehead atoms. The quantitative estimate of drug-likeness (QED) is 0.865. The second-order valence-corrected chi connectivity index (χ2v) is 5.10. The smallest absolute Gasteiger partial charge is 0.225 e. The van der Waals surface area contributed by atoms with Crippen LogP contribution in [-0.2, 0) is 14.3 Å². The average Bonchev–Trinajstić information content (AvgIpc) is 2.92. The zero-order chi connectivity index (χ0) is 14.5. The molecule has 1 N–H and O–H groups in total. The van der Waals surface area contributed by atoms with Crippen LogP contribution in [0.1, 0.15) is 24.8 Å². The minimum absolute atomic E-state index is 0.124. The second kappa shape index (κ2) is 6.52. The van der Waals surface area contributed by atoms with Gasteiger partial charge in [-0.2, -0.15) is 0 Å². The van der Waals surface area contributed by atoms with Gasteiger partial charge in [0.25, 0.3) is 0 Å². The Hall–Kier alpha value is -1.88. The Kier molecular flexibility index (Phi) is 4.74. The van der Waals surface area contributed by atoms with Crippen LogP contribution in [0.3, 0.4) is 0 Å². The molecular weight excluding hydrogens is 258 g/mol. The van der Waals surface area contributed by atoms with Crippen LogP contribution < -0.4 is 10.4 Å². The zero-order valence-electron chi connectivity index (χ0n) is 11.4. The largest absolute Gasteiger partial charge is 0.550 e. The highest BCUT2D eigenvalue weighted by Gasteiger charge is 2.28. The first-order chi connectivity index (χ1) is 9.56. The molecule has 2 rings (SSSR count). The molecule has 0 saturated carbocycles. The molecule has 2 atom stereocenters. The van der Waals surface area contributed by atoms with Crippen molar-refractivity contribution in [2.24, 2.45) is 5.92 Å². The Morgan fingerprint density at radius 2 is 2.10 bits per heavy atom. The molecule has 1 heterocycles. The van der Waals surface area contributed by atoms with E-state index in [9.17, 15) is 14.7 Å². The van der Waals surface area contributed by atoms with Crippen LogP contribution in [0, 0.1) is 12.8 Å². The van der Waals surface area contributed by atoms with Gasteiger partial charge in [0, 0.05) is 30.6 Å². The molecule has 0 spiro atoms. The summed E-state index contributed by atoms with van der Waals surface area (Å²) >= 11 is 0. The van der Waals surface area contributed by atoms with E-state index in [-0.39, 0.29) is 12.3 Å². The molecule has 1 fully saturated rings. The first-order valence-electron chi connectivity index (χ1n) is 6.75. The Bertz CT molecular complexity index is 477. The van der Waals surface area contributed by atoms with Gasteiger partial charge in [-0.15, -0.1) is 0 Å². The molecule has 0 unspecified atom stereocenters. The number of carbonyl (C=O) groups excluding carboxylic acids is 2. The molecule has 0 aliphatic carbocycles. The zero-order valence-corrected chi connectivity index (χ0v) is 11.4. The van der Waals surface area contributed by atoms with E-state index >= 15 is 0 Å². The first-order valence-corrected chi connectivity index (χ1v) is 6.75. The highest BCUT2D eigenvalue weighted by molar-refractivity contribution is 5.93. The Morgan fingerprint density at radius 1 is 1.40 bits per heavy atom. The van der Waals surface area contributed by atoms with E-state index in [4.69, 9.17) is 4.74 Å². The number of amides is 1. The lowest BCUT2D eigenvalue weighted by Crippen LogP contribution is -2.40. The number of benzene rings is 1. The van der Waals surface area contributed by atoms with Crippen LogP contribution in [0.4, 0.5) is 5.69 Å². The van der Waals surface area contributed by atoms with E-state index in [2.05, 4.69) is 5.32 Å². The Labute approximate surface area is 117 Å². The Morgan fingerprint density at radius 3 is 2.65 bits per heavy atom. The normalized spacial score (nSPS) is 19.6. The summed E-state index contributed by atoms with van der Waals surface area (Å²) in [6.07, 6.45) is 0.953. The maximum atomic E-state index is 11.9. The SMILES string of the molecule is Cc1ccc(NC(=O)C[C@@H](C(=O)[O-])[C@@H]2CCCO2)cc1. The van der Waals surface area contributed by atoms with Gasteiger partial charge >= 0.3 is 0 Å². The lowest BCUT2D eigenvalue weighted by Gasteiger charge is -2.23. The van der Waals surface area contributed by atoms with Gasteiger partial charge in [0.05, 0.1) is 6.10 Å². The monoisotopic (exact) mass is 276 g/mol. The van der Waals surface area contributed by atoms with Crippen molar-refractivity contribution in [3.05, 3.63) is 29.8 Å². The Balaban J connectivity index is 1.94. The van der Waals surface area contributed by atoms with Crippen LogP contribution in [-0.4, -0.2) is 24.6 Å². The fourth-order valence-electron chi connectivity index (χ4n) is 2.34. The van der Waals surface area contributed by atoms with Crippen LogP contribution in [0.15, 0.2) is 24.3 Å². The van der Waals surface area contributed by atoms with E-state index in [1.165, 1.54) is 0 Å². The van der Waals surface area contributed by atoms with Gasteiger partial charge < -0.3 is 20.0 Å². The molecular formula is C15H18NO4-. The van der Waals surface area contributed by atoms with Gasteiger partial charge in [0.1, 0.15) is 0 Å². The number of carbonyl (C=O) groups is 2. The fraction of sp³-hybridized carbons (Fsp3) is 0.467. The van der Waals surface area contributed by atoms with Crippen LogP contribution in [0.5, 0.6) is 0 Å². The minimum atomic E-state index is -1.23. The van der Waals surface area contributed by atoms with Crippen molar-refractivity contribution >= 4 is 17.6 Å². The van der Waals surface area contributed by atoms with Crippen molar-refractivity contribution in [2.45, 2.75) is 32.3 Å². The molecule has 5 heteroatoms. The number of carboxylic acids is 1. The summed E-state index contributed by atoms with van der Waals surface area (Å²) in [6, 6.07) is 7.33. The number of nitrogens with one attached hydrogen (secondary N) is 1. The first kappa shape index (κ1) is 14.5. The van der Waals surface area contributed by atoms with Crippen molar-refractivity contribution in [1.82, 2.24) is 0 Å². The number of hydrogen-bond donors (Lipinski definition) is 1. The van der Waals surface area contributed by atoms with E-state index in [1.54, 1.807) is 12.1 Å². The molecule has 5 nitrogen and oxygen atoms in total. The molecule has 0 radical (unpaired) electrons. The molecule has 1 aliphatic rings. The predicted molar refractivity (Wildman–Crippen MR) is 71.9 cm³/mol. The van der Waals surface area contributed by atoms with Gasteiger partial charge in [-0.05, 0) is 31.9 Å². The third-order valence-electron chi connectivity index (χ3n) is 3.46. The van der Waals surface area contributed by atoms with E-state index in [1.807, 2.05) is 19.1 Å². The number of ether oxygens (including phenoxy) is 1. The number of hydrogen-bond acceptors (Lipinski definition) is 4. The van der Waals surface area contributed by atoms with Gasteiger partial charge in [0.2, 0.25) is 5.91 Å². The summed E-state index contributed by atoms with van der Waals surface area (Å²) in [6.45, 7) is 2.50. The molecule has 108 valence electrons. The topological polar surface area (TPSA) is 78.5 Å². The van der Waals surface area contributed by atoms with Crippen molar-refractivity contribution in [3.8, 4) is 0 Å². The molecule has 1 aromatic carbocycles. The van der Waals surface area contributed by atoms with E-state index < -0.39 is 18.0 Å². The molecule has 1 saturated heterocycles. The van der Waals surface area contributed by atoms with Crippen molar-refractivity contribution in [2.75, 3.05) is 11.9 Å². The van der Waals surface area contributed by atoms with Crippen molar-refractivity contribution < 1.29 is 19.4 Å². The summed E-state index contributed by atoms with van der Waals surface area (Å²) in [7, 11) is 0. The molecule has 1 aromatic rings. The summed E-state index contributed by atoms with van der Waals surface area (Å²) < 4.78 is 5.34. The fourth-order valence-corrected chi connectivity index (χ4v) is 2.34. The lowest BCUT2D eigenvalue weighted by atomic mass is 9.96. The summed E-state index contributed by atoms with van der Waals surface area (Å²) in [5, 5.41) is 13.8. The number of aryl methyl sites for hydroxylation is 1. The maximum Gasteiger partial charge on any atom is 0.225 e. The molecule has 0 aromatic heterocycles. The molecule has 1 aliphatic heterocycles.